The molecule has 0 aliphatic heterocycles. The fourth-order valence-corrected chi connectivity index (χ4v) is 4.45. The first-order valence-electron chi connectivity index (χ1n) is 9.04. The van der Waals surface area contributed by atoms with E-state index in [1.54, 1.807) is 6.92 Å². The molecule has 1 fully saturated rings. The third-order valence-electron chi connectivity index (χ3n) is 5.27. The molecule has 0 aromatic carbocycles. The third-order valence-corrected chi connectivity index (χ3v) is 6.39. The highest BCUT2D eigenvalue weighted by molar-refractivity contribution is 7.16. The molecule has 1 aliphatic rings. The number of esters is 1. The topological polar surface area (TPSA) is 84.5 Å². The summed E-state index contributed by atoms with van der Waals surface area (Å²) < 4.78 is 5.21. The molecular formula is C19H28N2O4S. The number of carbonyl (C=O) groups is 3. The van der Waals surface area contributed by atoms with Crippen molar-refractivity contribution in [3.05, 3.63) is 16.0 Å². The van der Waals surface area contributed by atoms with Gasteiger partial charge >= 0.3 is 5.97 Å². The van der Waals surface area contributed by atoms with E-state index in [4.69, 9.17) is 4.74 Å². The number of thiophene rings is 1. The summed E-state index contributed by atoms with van der Waals surface area (Å²) >= 11 is 1.33. The lowest BCUT2D eigenvalue weighted by molar-refractivity contribution is -0.125. The van der Waals surface area contributed by atoms with Crippen LogP contribution in [0.1, 0.15) is 60.8 Å². The molecule has 1 aromatic rings. The van der Waals surface area contributed by atoms with E-state index in [0.29, 0.717) is 22.4 Å². The average Bonchev–Trinajstić information content (AvgIpc) is 2.83. The zero-order valence-electron chi connectivity index (χ0n) is 16.1. The summed E-state index contributed by atoms with van der Waals surface area (Å²) in [5.41, 5.74) is 1.09. The van der Waals surface area contributed by atoms with Crippen LogP contribution in [0.25, 0.3) is 0 Å². The van der Waals surface area contributed by atoms with Gasteiger partial charge in [0, 0.05) is 17.8 Å². The normalized spacial score (nSPS) is 22.6. The van der Waals surface area contributed by atoms with Crippen molar-refractivity contribution in [1.29, 1.82) is 0 Å². The van der Waals surface area contributed by atoms with E-state index < -0.39 is 5.97 Å². The second kappa shape index (κ2) is 8.66. The van der Waals surface area contributed by atoms with E-state index >= 15 is 0 Å². The van der Waals surface area contributed by atoms with Crippen LogP contribution in [0.2, 0.25) is 0 Å². The standard InChI is InChI=1S/C19H28N2O4S/c1-10-7-6-8-15(11(10)2)21-16(23)9-25-19(24)17-12(3)13(4)26-18(17)20-14(5)22/h10-11,15H,6-9H2,1-5H3,(H,20,22)(H,21,23)/t10-,11-,15+/m1/s1. The predicted molar refractivity (Wildman–Crippen MR) is 102 cm³/mol. The van der Waals surface area contributed by atoms with Gasteiger partial charge in [0.1, 0.15) is 5.00 Å². The molecule has 1 saturated carbocycles. The Bertz CT molecular complexity index is 698. The Kier molecular flexibility index (Phi) is 6.81. The van der Waals surface area contributed by atoms with Gasteiger partial charge in [0.15, 0.2) is 6.61 Å². The number of hydrogen-bond donors (Lipinski definition) is 2. The number of nitrogens with one attached hydrogen (secondary N) is 2. The number of ether oxygens (including phenoxy) is 1. The van der Waals surface area contributed by atoms with Crippen LogP contribution in [-0.4, -0.2) is 30.4 Å². The number of rotatable bonds is 5. The summed E-state index contributed by atoms with van der Waals surface area (Å²) in [5.74, 6) is -0.131. The third kappa shape index (κ3) is 4.84. The summed E-state index contributed by atoms with van der Waals surface area (Å²) in [6.45, 7) is 9.11. The zero-order valence-corrected chi connectivity index (χ0v) is 16.9. The average molecular weight is 381 g/mol. The van der Waals surface area contributed by atoms with E-state index in [9.17, 15) is 14.4 Å². The van der Waals surface area contributed by atoms with Crippen LogP contribution in [0.3, 0.4) is 0 Å². The zero-order chi connectivity index (χ0) is 19.4. The largest absolute Gasteiger partial charge is 0.452 e. The molecule has 0 radical (unpaired) electrons. The maximum Gasteiger partial charge on any atom is 0.341 e. The maximum absolute atomic E-state index is 12.4. The van der Waals surface area contributed by atoms with Crippen LogP contribution >= 0.6 is 11.3 Å². The van der Waals surface area contributed by atoms with E-state index in [2.05, 4.69) is 24.5 Å². The molecule has 1 aliphatic carbocycles. The Labute approximate surface area is 158 Å². The minimum atomic E-state index is -0.587. The lowest BCUT2D eigenvalue weighted by Gasteiger charge is -2.34. The van der Waals surface area contributed by atoms with Crippen molar-refractivity contribution in [1.82, 2.24) is 5.32 Å². The summed E-state index contributed by atoms with van der Waals surface area (Å²) in [6.07, 6.45) is 3.25. The van der Waals surface area contributed by atoms with Gasteiger partial charge in [0.05, 0.1) is 5.56 Å². The first-order valence-corrected chi connectivity index (χ1v) is 9.86. The molecule has 0 unspecified atom stereocenters. The lowest BCUT2D eigenvalue weighted by Crippen LogP contribution is -2.45. The SMILES string of the molecule is CC(=O)Nc1sc(C)c(C)c1C(=O)OCC(=O)N[C@H]1CCC[C@@H](C)[C@H]1C. The monoisotopic (exact) mass is 380 g/mol. The summed E-state index contributed by atoms with van der Waals surface area (Å²) in [4.78, 5) is 36.9. The summed E-state index contributed by atoms with van der Waals surface area (Å²) in [6, 6.07) is 0.130. The van der Waals surface area contributed by atoms with Crippen molar-refractivity contribution < 1.29 is 19.1 Å². The second-order valence-electron chi connectivity index (χ2n) is 7.19. The Morgan fingerprint density at radius 3 is 2.54 bits per heavy atom. The van der Waals surface area contributed by atoms with Crippen LogP contribution in [0, 0.1) is 25.7 Å². The molecule has 0 bridgehead atoms. The van der Waals surface area contributed by atoms with Crippen LogP contribution in [0.4, 0.5) is 5.00 Å². The first-order chi connectivity index (χ1) is 12.2. The van der Waals surface area contributed by atoms with E-state index in [0.717, 1.165) is 23.3 Å². The van der Waals surface area contributed by atoms with E-state index in [1.165, 1.54) is 24.7 Å². The van der Waals surface area contributed by atoms with Gasteiger partial charge in [-0.05, 0) is 37.7 Å². The quantitative estimate of drug-likeness (QED) is 0.767. The van der Waals surface area contributed by atoms with Crippen LogP contribution in [0.15, 0.2) is 0 Å². The Morgan fingerprint density at radius 2 is 1.88 bits per heavy atom. The molecule has 1 aromatic heterocycles. The van der Waals surface area contributed by atoms with Gasteiger partial charge < -0.3 is 15.4 Å². The maximum atomic E-state index is 12.4. The van der Waals surface area contributed by atoms with E-state index in [1.807, 2.05) is 6.92 Å². The van der Waals surface area contributed by atoms with Gasteiger partial charge in [0.2, 0.25) is 5.91 Å². The molecule has 26 heavy (non-hydrogen) atoms. The van der Waals surface area contributed by atoms with Crippen molar-refractivity contribution in [3.63, 3.8) is 0 Å². The highest BCUT2D eigenvalue weighted by Crippen LogP contribution is 2.33. The number of carbonyl (C=O) groups excluding carboxylic acids is 3. The van der Waals surface area contributed by atoms with Gasteiger partial charge in [-0.25, -0.2) is 4.79 Å². The van der Waals surface area contributed by atoms with Crippen molar-refractivity contribution in [2.24, 2.45) is 11.8 Å². The van der Waals surface area contributed by atoms with Crippen LogP contribution in [-0.2, 0) is 14.3 Å². The number of anilines is 1. The number of amides is 2. The Morgan fingerprint density at radius 1 is 1.19 bits per heavy atom. The smallest absolute Gasteiger partial charge is 0.341 e. The van der Waals surface area contributed by atoms with Gasteiger partial charge in [-0.2, -0.15) is 0 Å². The second-order valence-corrected chi connectivity index (χ2v) is 8.41. The number of aryl methyl sites for hydroxylation is 1. The Hall–Kier alpha value is -1.89. The molecule has 1 heterocycles. The fourth-order valence-electron chi connectivity index (χ4n) is 3.36. The van der Waals surface area contributed by atoms with Gasteiger partial charge in [0.25, 0.3) is 5.91 Å². The molecular weight excluding hydrogens is 352 g/mol. The molecule has 144 valence electrons. The van der Waals surface area contributed by atoms with Gasteiger partial charge in [-0.1, -0.05) is 26.7 Å². The molecule has 3 atom stereocenters. The molecule has 2 N–H and O–H groups in total. The van der Waals surface area contributed by atoms with Crippen LogP contribution < -0.4 is 10.6 Å². The summed E-state index contributed by atoms with van der Waals surface area (Å²) in [7, 11) is 0. The minimum absolute atomic E-state index is 0.130. The summed E-state index contributed by atoms with van der Waals surface area (Å²) in [5, 5.41) is 6.11. The van der Waals surface area contributed by atoms with Crippen molar-refractivity contribution in [2.75, 3.05) is 11.9 Å². The van der Waals surface area contributed by atoms with E-state index in [-0.39, 0.29) is 24.5 Å². The molecule has 7 heteroatoms. The van der Waals surface area contributed by atoms with Crippen molar-refractivity contribution in [3.8, 4) is 0 Å². The van der Waals surface area contributed by atoms with Crippen LogP contribution in [0.5, 0.6) is 0 Å². The first kappa shape index (κ1) is 20.4. The molecule has 0 saturated heterocycles. The molecule has 6 nitrogen and oxygen atoms in total. The van der Waals surface area contributed by atoms with Gasteiger partial charge in [-0.3, -0.25) is 9.59 Å². The lowest BCUT2D eigenvalue weighted by atomic mass is 9.78. The van der Waals surface area contributed by atoms with Crippen molar-refractivity contribution in [2.45, 2.75) is 59.9 Å². The molecule has 0 spiro atoms. The van der Waals surface area contributed by atoms with Gasteiger partial charge in [-0.15, -0.1) is 11.3 Å². The minimum Gasteiger partial charge on any atom is -0.452 e. The van der Waals surface area contributed by atoms with Crippen molar-refractivity contribution >= 4 is 34.1 Å². The molecule has 2 amide bonds. The number of hydrogen-bond acceptors (Lipinski definition) is 5. The predicted octanol–water partition coefficient (Wildman–Crippen LogP) is 3.42. The molecule has 2 rings (SSSR count). The highest BCUT2D eigenvalue weighted by atomic mass is 32.1. The fraction of sp³-hybridized carbons (Fsp3) is 0.632. The Balaban J connectivity index is 1.96. The highest BCUT2D eigenvalue weighted by Gasteiger charge is 2.28.